The van der Waals surface area contributed by atoms with E-state index in [2.05, 4.69) is 6.58 Å². The fourth-order valence-electron chi connectivity index (χ4n) is 1.34. The molecule has 0 aliphatic carbocycles. The molecule has 1 aromatic rings. The van der Waals surface area contributed by atoms with Crippen molar-refractivity contribution in [1.29, 1.82) is 0 Å². The van der Waals surface area contributed by atoms with Gasteiger partial charge in [0.25, 0.3) is 0 Å². The molecule has 14 heavy (non-hydrogen) atoms. The summed E-state index contributed by atoms with van der Waals surface area (Å²) in [6, 6.07) is 3.14. The van der Waals surface area contributed by atoms with E-state index in [-0.39, 0.29) is 11.8 Å². The molecule has 1 unspecified atom stereocenters. The van der Waals surface area contributed by atoms with Gasteiger partial charge >= 0.3 is 0 Å². The Morgan fingerprint density at radius 3 is 2.71 bits per heavy atom. The average molecular weight is 193 g/mol. The van der Waals surface area contributed by atoms with Crippen molar-refractivity contribution in [3.63, 3.8) is 0 Å². The Kier molecular flexibility index (Phi) is 3.14. The first-order valence-electron chi connectivity index (χ1n) is 4.35. The van der Waals surface area contributed by atoms with Crippen LogP contribution in [0.2, 0.25) is 0 Å². The van der Waals surface area contributed by atoms with Crippen LogP contribution >= 0.6 is 0 Å². The van der Waals surface area contributed by atoms with Crippen LogP contribution in [0.1, 0.15) is 17.2 Å². The number of ether oxygens (including phenoxy) is 1. The van der Waals surface area contributed by atoms with Crippen molar-refractivity contribution in [3.8, 4) is 11.5 Å². The highest BCUT2D eigenvalue weighted by atomic mass is 16.5. The summed E-state index contributed by atoms with van der Waals surface area (Å²) >= 11 is 0. The van der Waals surface area contributed by atoms with Gasteiger partial charge in [-0.3, -0.25) is 0 Å². The largest absolute Gasteiger partial charge is 0.504 e. The van der Waals surface area contributed by atoms with Gasteiger partial charge in [0, 0.05) is 6.04 Å². The second-order valence-corrected chi connectivity index (χ2v) is 3.14. The topological polar surface area (TPSA) is 55.5 Å². The molecule has 0 saturated carbocycles. The second-order valence-electron chi connectivity index (χ2n) is 3.14. The van der Waals surface area contributed by atoms with Gasteiger partial charge in [-0.25, -0.2) is 0 Å². The Morgan fingerprint density at radius 2 is 2.21 bits per heavy atom. The van der Waals surface area contributed by atoms with Gasteiger partial charge in [-0.1, -0.05) is 6.08 Å². The van der Waals surface area contributed by atoms with Gasteiger partial charge in [-0.05, 0) is 30.2 Å². The Balaban J connectivity index is 3.23. The third-order valence-electron chi connectivity index (χ3n) is 2.18. The molecule has 0 bridgehead atoms. The zero-order valence-electron chi connectivity index (χ0n) is 8.45. The minimum Gasteiger partial charge on any atom is -0.504 e. The molecule has 3 nitrogen and oxygen atoms in total. The molecule has 3 N–H and O–H groups in total. The lowest BCUT2D eigenvalue weighted by Gasteiger charge is -2.13. The highest BCUT2D eigenvalue weighted by Crippen LogP contribution is 2.31. The number of nitrogens with two attached hydrogens (primary N) is 1. The molecular formula is C11H15NO2. The van der Waals surface area contributed by atoms with Gasteiger partial charge in [-0.15, -0.1) is 6.58 Å². The van der Waals surface area contributed by atoms with Crippen LogP contribution in [0.3, 0.4) is 0 Å². The normalized spacial score (nSPS) is 12.2. The van der Waals surface area contributed by atoms with E-state index < -0.39 is 0 Å². The lowest BCUT2D eigenvalue weighted by molar-refractivity contribution is 0.372. The van der Waals surface area contributed by atoms with Crippen molar-refractivity contribution in [3.05, 3.63) is 35.9 Å². The van der Waals surface area contributed by atoms with Gasteiger partial charge in [0.2, 0.25) is 0 Å². The first kappa shape index (κ1) is 10.6. The van der Waals surface area contributed by atoms with E-state index in [4.69, 9.17) is 10.5 Å². The van der Waals surface area contributed by atoms with Gasteiger partial charge < -0.3 is 15.6 Å². The molecule has 1 atom stereocenters. The molecule has 1 aromatic carbocycles. The third-order valence-corrected chi connectivity index (χ3v) is 2.18. The third kappa shape index (κ3) is 1.88. The summed E-state index contributed by atoms with van der Waals surface area (Å²) in [6.07, 6.45) is 1.65. The van der Waals surface area contributed by atoms with Crippen LogP contribution in [-0.2, 0) is 0 Å². The molecule has 76 valence electrons. The molecule has 0 spiro atoms. The van der Waals surface area contributed by atoms with Gasteiger partial charge in [0.1, 0.15) is 0 Å². The van der Waals surface area contributed by atoms with Crippen molar-refractivity contribution in [1.82, 2.24) is 0 Å². The fraction of sp³-hybridized carbons (Fsp3) is 0.273. The highest BCUT2D eigenvalue weighted by molar-refractivity contribution is 5.47. The summed E-state index contributed by atoms with van der Waals surface area (Å²) in [4.78, 5) is 0. The van der Waals surface area contributed by atoms with Crippen molar-refractivity contribution < 1.29 is 9.84 Å². The van der Waals surface area contributed by atoms with E-state index in [9.17, 15) is 5.11 Å². The van der Waals surface area contributed by atoms with E-state index >= 15 is 0 Å². The van der Waals surface area contributed by atoms with E-state index in [0.717, 1.165) is 11.1 Å². The zero-order valence-corrected chi connectivity index (χ0v) is 8.45. The molecule has 1 rings (SSSR count). The highest BCUT2D eigenvalue weighted by Gasteiger charge is 2.10. The number of hydrogen-bond acceptors (Lipinski definition) is 3. The number of methoxy groups -OCH3 is 1. The molecule has 0 aliphatic heterocycles. The first-order valence-corrected chi connectivity index (χ1v) is 4.35. The quantitative estimate of drug-likeness (QED) is 0.721. The molecule has 0 aromatic heterocycles. The number of aromatic hydroxyl groups is 1. The zero-order chi connectivity index (χ0) is 10.7. The monoisotopic (exact) mass is 193 g/mol. The van der Waals surface area contributed by atoms with Crippen molar-refractivity contribution in [2.24, 2.45) is 5.73 Å². The predicted octanol–water partition coefficient (Wildman–Crippen LogP) is 1.90. The first-order chi connectivity index (χ1) is 6.60. The van der Waals surface area contributed by atoms with Crippen molar-refractivity contribution in [2.75, 3.05) is 7.11 Å². The fourth-order valence-corrected chi connectivity index (χ4v) is 1.34. The van der Waals surface area contributed by atoms with Crippen molar-refractivity contribution in [2.45, 2.75) is 13.0 Å². The minimum absolute atomic E-state index is 0.130. The standard InChI is InChI=1S/C11H15NO2/c1-4-9(12)8-6-11(14-3)10(13)5-7(8)2/h4-6,9,13H,1,12H2,2-3H3. The van der Waals surface area contributed by atoms with Crippen LogP contribution in [0.4, 0.5) is 0 Å². The molecule has 0 aliphatic rings. The summed E-state index contributed by atoms with van der Waals surface area (Å²) in [5.74, 6) is 0.563. The molecular weight excluding hydrogens is 178 g/mol. The molecule has 0 fully saturated rings. The summed E-state index contributed by atoms with van der Waals surface area (Å²) in [7, 11) is 1.51. The van der Waals surface area contributed by atoms with Gasteiger partial charge in [-0.2, -0.15) is 0 Å². The van der Waals surface area contributed by atoms with E-state index in [1.807, 2.05) is 6.92 Å². The smallest absolute Gasteiger partial charge is 0.160 e. The Morgan fingerprint density at radius 1 is 1.57 bits per heavy atom. The summed E-state index contributed by atoms with van der Waals surface area (Å²) in [6.45, 7) is 5.51. The number of phenols is 1. The second kappa shape index (κ2) is 4.15. The summed E-state index contributed by atoms with van der Waals surface area (Å²) in [5.41, 5.74) is 7.65. The maximum atomic E-state index is 9.48. The number of aryl methyl sites for hydroxylation is 1. The molecule has 3 heteroatoms. The summed E-state index contributed by atoms with van der Waals surface area (Å²) in [5, 5.41) is 9.48. The maximum absolute atomic E-state index is 9.48. The van der Waals surface area contributed by atoms with E-state index in [0.29, 0.717) is 5.75 Å². The minimum atomic E-state index is -0.232. The van der Waals surface area contributed by atoms with E-state index in [1.54, 1.807) is 18.2 Å². The lowest BCUT2D eigenvalue weighted by Crippen LogP contribution is -2.08. The molecule has 0 radical (unpaired) electrons. The van der Waals surface area contributed by atoms with Crippen LogP contribution in [0.15, 0.2) is 24.8 Å². The van der Waals surface area contributed by atoms with Gasteiger partial charge in [0.05, 0.1) is 7.11 Å². The van der Waals surface area contributed by atoms with Crippen LogP contribution in [0.5, 0.6) is 11.5 Å². The summed E-state index contributed by atoms with van der Waals surface area (Å²) < 4.78 is 5.00. The number of benzene rings is 1. The average Bonchev–Trinajstić information content (AvgIpc) is 2.17. The molecule has 0 saturated heterocycles. The van der Waals surface area contributed by atoms with E-state index in [1.165, 1.54) is 7.11 Å². The van der Waals surface area contributed by atoms with Crippen molar-refractivity contribution >= 4 is 0 Å². The SMILES string of the molecule is C=CC(N)c1cc(OC)c(O)cc1C. The Hall–Kier alpha value is -1.48. The lowest BCUT2D eigenvalue weighted by atomic mass is 10.0. The van der Waals surface area contributed by atoms with Crippen LogP contribution in [0, 0.1) is 6.92 Å². The number of phenolic OH excluding ortho intramolecular Hbond substituents is 1. The number of hydrogen-bond donors (Lipinski definition) is 2. The van der Waals surface area contributed by atoms with Gasteiger partial charge in [0.15, 0.2) is 11.5 Å². The Labute approximate surface area is 83.8 Å². The number of rotatable bonds is 3. The predicted molar refractivity (Wildman–Crippen MR) is 56.5 cm³/mol. The maximum Gasteiger partial charge on any atom is 0.160 e. The Bertz CT molecular complexity index is 347. The molecule has 0 heterocycles. The van der Waals surface area contributed by atoms with Crippen LogP contribution in [-0.4, -0.2) is 12.2 Å². The van der Waals surface area contributed by atoms with Crippen LogP contribution in [0.25, 0.3) is 0 Å². The van der Waals surface area contributed by atoms with Crippen LogP contribution < -0.4 is 10.5 Å². The molecule has 0 amide bonds.